The van der Waals surface area contributed by atoms with Crippen molar-refractivity contribution in [1.82, 2.24) is 0 Å². The van der Waals surface area contributed by atoms with Crippen LogP contribution in [0.1, 0.15) is 86.5 Å². The largest absolute Gasteiger partial charge is 0.0958 e. The summed E-state index contributed by atoms with van der Waals surface area (Å²) in [6, 6.07) is 44.5. The van der Waals surface area contributed by atoms with E-state index in [0.717, 1.165) is 11.3 Å². The standard InChI is InChI=1S/C48H52P2/c1-34-18-10-16-28-44(34)50(45-29-17-11-19-35(45)2)48-36(3)32-38-21-13-15-27-43(38)47(48)46-39(31-30-37-20-12-14-26-42(37)46)33-49(40-22-6-4-7-23-40)41-24-8-5-9-25-41/h10-21,26-32,40-41H,4-9,22-25,33H2,1-3H3. The number of rotatable bonds is 8. The third kappa shape index (κ3) is 6.60. The van der Waals surface area contributed by atoms with Crippen LogP contribution in [0.2, 0.25) is 0 Å². The molecule has 0 spiro atoms. The molecule has 0 radical (unpaired) electrons. The van der Waals surface area contributed by atoms with E-state index in [1.54, 1.807) is 10.9 Å². The van der Waals surface area contributed by atoms with Crippen LogP contribution in [0.3, 0.4) is 0 Å². The molecule has 0 unspecified atom stereocenters. The third-order valence-corrected chi connectivity index (χ3v) is 18.5. The molecule has 0 heterocycles. The molecule has 0 aliphatic heterocycles. The molecule has 0 atom stereocenters. The molecular formula is C48H52P2. The highest BCUT2D eigenvalue weighted by molar-refractivity contribution is 7.80. The van der Waals surface area contributed by atoms with Gasteiger partial charge in [-0.15, -0.1) is 0 Å². The van der Waals surface area contributed by atoms with E-state index in [-0.39, 0.29) is 7.92 Å². The summed E-state index contributed by atoms with van der Waals surface area (Å²) in [7, 11) is -0.937. The van der Waals surface area contributed by atoms with E-state index in [9.17, 15) is 0 Å². The van der Waals surface area contributed by atoms with Crippen LogP contribution in [0.5, 0.6) is 0 Å². The minimum absolute atomic E-state index is 0.104. The zero-order valence-corrected chi connectivity index (χ0v) is 32.1. The average Bonchev–Trinajstić information content (AvgIpc) is 3.16. The summed E-state index contributed by atoms with van der Waals surface area (Å²) in [5.74, 6) is 0. The van der Waals surface area contributed by atoms with Gasteiger partial charge in [0.15, 0.2) is 0 Å². The van der Waals surface area contributed by atoms with E-state index in [4.69, 9.17) is 0 Å². The van der Waals surface area contributed by atoms with E-state index in [1.807, 2.05) is 0 Å². The van der Waals surface area contributed by atoms with Gasteiger partial charge < -0.3 is 0 Å². The van der Waals surface area contributed by atoms with Crippen LogP contribution in [0.4, 0.5) is 0 Å². The van der Waals surface area contributed by atoms with Crippen molar-refractivity contribution >= 4 is 53.3 Å². The molecule has 8 rings (SSSR count). The minimum atomic E-state index is -0.833. The molecule has 0 nitrogen and oxygen atoms in total. The molecule has 2 saturated carbocycles. The summed E-state index contributed by atoms with van der Waals surface area (Å²) >= 11 is 0. The summed E-state index contributed by atoms with van der Waals surface area (Å²) in [4.78, 5) is 0. The summed E-state index contributed by atoms with van der Waals surface area (Å²) in [6.07, 6.45) is 15.7. The number of benzene rings is 6. The fourth-order valence-corrected chi connectivity index (χ4v) is 16.1. The van der Waals surface area contributed by atoms with E-state index in [0.29, 0.717) is 0 Å². The van der Waals surface area contributed by atoms with Crippen LogP contribution in [-0.2, 0) is 6.16 Å². The Morgan fingerprint density at radius 1 is 0.480 bits per heavy atom. The van der Waals surface area contributed by atoms with Gasteiger partial charge in [0.2, 0.25) is 0 Å². The molecule has 2 aliphatic rings. The van der Waals surface area contributed by atoms with Crippen molar-refractivity contribution in [2.75, 3.05) is 0 Å². The van der Waals surface area contributed by atoms with E-state index >= 15 is 0 Å². The highest BCUT2D eigenvalue weighted by atomic mass is 31.1. The first kappa shape index (κ1) is 33.8. The van der Waals surface area contributed by atoms with Gasteiger partial charge in [-0.2, -0.15) is 0 Å². The Morgan fingerprint density at radius 2 is 0.980 bits per heavy atom. The molecule has 254 valence electrons. The number of hydrogen-bond donors (Lipinski definition) is 0. The van der Waals surface area contributed by atoms with Crippen molar-refractivity contribution in [1.29, 1.82) is 0 Å². The molecule has 0 aromatic heterocycles. The zero-order valence-electron chi connectivity index (χ0n) is 30.3. The number of aryl methyl sites for hydroxylation is 3. The zero-order chi connectivity index (χ0) is 34.0. The van der Waals surface area contributed by atoms with Gasteiger partial charge in [-0.25, -0.2) is 0 Å². The van der Waals surface area contributed by atoms with Crippen LogP contribution in [0, 0.1) is 20.8 Å². The molecule has 0 amide bonds. The van der Waals surface area contributed by atoms with E-state index < -0.39 is 7.92 Å². The van der Waals surface area contributed by atoms with Gasteiger partial charge >= 0.3 is 0 Å². The Bertz CT molecular complexity index is 2050. The Hall–Kier alpha value is -3.30. The lowest BCUT2D eigenvalue weighted by molar-refractivity contribution is 0.484. The topological polar surface area (TPSA) is 0 Å². The van der Waals surface area contributed by atoms with Crippen LogP contribution < -0.4 is 15.9 Å². The monoisotopic (exact) mass is 690 g/mol. The molecule has 0 saturated heterocycles. The van der Waals surface area contributed by atoms with Crippen molar-refractivity contribution in [3.8, 4) is 11.1 Å². The maximum atomic E-state index is 2.57. The van der Waals surface area contributed by atoms with E-state index in [2.05, 4.69) is 136 Å². The number of hydrogen-bond acceptors (Lipinski definition) is 0. The molecule has 6 aromatic rings. The lowest BCUT2D eigenvalue weighted by Crippen LogP contribution is -2.27. The lowest BCUT2D eigenvalue weighted by Gasteiger charge is -2.39. The highest BCUT2D eigenvalue weighted by Gasteiger charge is 2.33. The van der Waals surface area contributed by atoms with Crippen molar-refractivity contribution in [2.45, 2.75) is 102 Å². The molecule has 6 aromatic carbocycles. The highest BCUT2D eigenvalue weighted by Crippen LogP contribution is 2.59. The molecule has 2 heteroatoms. The van der Waals surface area contributed by atoms with Crippen LogP contribution >= 0.6 is 15.8 Å². The molecule has 50 heavy (non-hydrogen) atoms. The van der Waals surface area contributed by atoms with Crippen LogP contribution in [0.25, 0.3) is 32.7 Å². The smallest absolute Gasteiger partial charge is 0.000992 e. The minimum Gasteiger partial charge on any atom is -0.0958 e. The predicted octanol–water partition coefficient (Wildman–Crippen LogP) is 13.0. The fraction of sp³-hybridized carbons (Fsp3) is 0.333. The second-order valence-electron chi connectivity index (χ2n) is 15.1. The second-order valence-corrected chi connectivity index (χ2v) is 20.0. The van der Waals surface area contributed by atoms with Gasteiger partial charge in [-0.1, -0.05) is 162 Å². The summed E-state index contributed by atoms with van der Waals surface area (Å²) in [5, 5.41) is 10.0. The van der Waals surface area contributed by atoms with Gasteiger partial charge in [-0.3, -0.25) is 0 Å². The second kappa shape index (κ2) is 15.1. The van der Waals surface area contributed by atoms with Crippen molar-refractivity contribution in [3.05, 3.63) is 138 Å². The molecule has 0 bridgehead atoms. The molecule has 2 aliphatic carbocycles. The summed E-state index contributed by atoms with van der Waals surface area (Å²) in [5.41, 5.74) is 10.6. The quantitative estimate of drug-likeness (QED) is 0.140. The fourth-order valence-electron chi connectivity index (χ4n) is 9.34. The average molecular weight is 691 g/mol. The third-order valence-electron chi connectivity index (χ3n) is 11.9. The van der Waals surface area contributed by atoms with Crippen LogP contribution in [-0.4, -0.2) is 11.3 Å². The maximum absolute atomic E-state index is 2.57. The maximum Gasteiger partial charge on any atom is -0.000992 e. The lowest BCUT2D eigenvalue weighted by atomic mass is 9.89. The van der Waals surface area contributed by atoms with Crippen molar-refractivity contribution < 1.29 is 0 Å². The van der Waals surface area contributed by atoms with Gasteiger partial charge in [0.05, 0.1) is 0 Å². The number of fused-ring (bicyclic) bond motifs is 2. The Balaban J connectivity index is 1.44. The summed E-state index contributed by atoms with van der Waals surface area (Å²) < 4.78 is 0. The van der Waals surface area contributed by atoms with Crippen molar-refractivity contribution in [3.63, 3.8) is 0 Å². The van der Waals surface area contributed by atoms with Crippen LogP contribution in [0.15, 0.2) is 115 Å². The Morgan fingerprint density at radius 3 is 1.56 bits per heavy atom. The van der Waals surface area contributed by atoms with Gasteiger partial charge in [0, 0.05) is 0 Å². The van der Waals surface area contributed by atoms with Gasteiger partial charge in [-0.05, 0) is 143 Å². The first-order valence-corrected chi connectivity index (χ1v) is 22.3. The van der Waals surface area contributed by atoms with Gasteiger partial charge in [0.1, 0.15) is 0 Å². The van der Waals surface area contributed by atoms with Gasteiger partial charge in [0.25, 0.3) is 0 Å². The molecule has 2 fully saturated rings. The molecule has 0 N–H and O–H groups in total. The van der Waals surface area contributed by atoms with E-state index in [1.165, 1.54) is 130 Å². The first-order valence-electron chi connectivity index (χ1n) is 19.3. The van der Waals surface area contributed by atoms with Crippen molar-refractivity contribution in [2.24, 2.45) is 0 Å². The predicted molar refractivity (Wildman–Crippen MR) is 224 cm³/mol. The normalized spacial score (nSPS) is 16.2. The first-order chi connectivity index (χ1) is 24.6. The SMILES string of the molecule is Cc1ccccc1P(c1ccccc1C)c1c(C)cc2ccccc2c1-c1c(CP(C2CCCCC2)C2CCCCC2)ccc2ccccc12. The Kier molecular flexibility index (Phi) is 10.2. The molecular weight excluding hydrogens is 638 g/mol. The Labute approximate surface area is 303 Å². The summed E-state index contributed by atoms with van der Waals surface area (Å²) in [6.45, 7) is 7.05.